The molecule has 0 unspecified atom stereocenters. The van der Waals surface area contributed by atoms with Gasteiger partial charge in [0.05, 0.1) is 5.54 Å². The molecule has 1 heterocycles. The van der Waals surface area contributed by atoms with E-state index in [1.165, 1.54) is 0 Å². The molecular weight excluding hydrogens is 473 g/mol. The minimum absolute atomic E-state index is 0.00554. The Hall–Kier alpha value is -3.16. The van der Waals surface area contributed by atoms with Crippen LogP contribution in [0.15, 0.2) is 103 Å². The molecule has 1 aliphatic carbocycles. The molecule has 4 heteroatoms. The van der Waals surface area contributed by atoms with Crippen molar-refractivity contribution >= 4 is 39.9 Å². The molecule has 5 rings (SSSR count). The van der Waals surface area contributed by atoms with Gasteiger partial charge in [0.1, 0.15) is 0 Å². The average molecular weight is 510 g/mol. The van der Waals surface area contributed by atoms with Gasteiger partial charge < -0.3 is 0 Å². The van der Waals surface area contributed by atoms with Gasteiger partial charge in [0.15, 0.2) is 0 Å². The van der Waals surface area contributed by atoms with Gasteiger partial charge in [-0.25, -0.2) is 0 Å². The Morgan fingerprint density at radius 2 is 1.32 bits per heavy atom. The highest BCUT2D eigenvalue weighted by Gasteiger charge is 2.67. The molecule has 0 N–H and O–H groups in total. The van der Waals surface area contributed by atoms with Crippen molar-refractivity contribution in [2.45, 2.75) is 52.5 Å². The molecule has 1 aliphatic heterocycles. The molecule has 0 aromatic heterocycles. The van der Waals surface area contributed by atoms with Crippen molar-refractivity contribution < 1.29 is 9.59 Å². The number of hydrogen-bond acceptors (Lipinski definition) is 2. The quantitative estimate of drug-likeness (QED) is 0.317. The van der Waals surface area contributed by atoms with Crippen LogP contribution in [0.25, 0.3) is 0 Å². The Kier molecular flexibility index (Phi) is 6.62. The number of rotatable bonds is 6. The highest BCUT2D eigenvalue weighted by Crippen LogP contribution is 2.60. The third kappa shape index (κ3) is 3.70. The molecule has 2 bridgehead atoms. The predicted molar refractivity (Wildman–Crippen MR) is 156 cm³/mol. The van der Waals surface area contributed by atoms with Crippen LogP contribution in [-0.4, -0.2) is 27.5 Å². The van der Waals surface area contributed by atoms with Gasteiger partial charge in [-0.1, -0.05) is 117 Å². The number of carbonyl (C=O) groups is 2. The number of imide groups is 1. The summed E-state index contributed by atoms with van der Waals surface area (Å²) in [6.07, 6.45) is 6.28. The van der Waals surface area contributed by atoms with E-state index < -0.39 is 12.4 Å². The molecule has 0 radical (unpaired) electrons. The topological polar surface area (TPSA) is 37.4 Å². The van der Waals surface area contributed by atoms with Crippen molar-refractivity contribution in [1.82, 2.24) is 4.90 Å². The smallest absolute Gasteiger partial charge is 0.258 e. The summed E-state index contributed by atoms with van der Waals surface area (Å²) in [5.74, 6) is -0.220. The monoisotopic (exact) mass is 509 g/mol. The van der Waals surface area contributed by atoms with Crippen molar-refractivity contribution in [3.05, 3.63) is 103 Å². The maximum Gasteiger partial charge on any atom is 0.258 e. The second-order valence-electron chi connectivity index (χ2n) is 11.0. The van der Waals surface area contributed by atoms with E-state index in [9.17, 15) is 9.59 Å². The molecule has 37 heavy (non-hydrogen) atoms. The SMILES string of the molecule is C/C=C/CC(C(=O)N1C(=O)[C@H]2CC[C@]1(C)C2(C)C)=P(c1ccccc1)(c1ccccc1)c1ccccc1. The fourth-order valence-corrected chi connectivity index (χ4v) is 11.1. The zero-order valence-corrected chi connectivity index (χ0v) is 23.1. The van der Waals surface area contributed by atoms with Gasteiger partial charge >= 0.3 is 0 Å². The summed E-state index contributed by atoms with van der Waals surface area (Å²) in [5.41, 5.74) is -0.745. The molecule has 3 aromatic rings. The second-order valence-corrected chi connectivity index (χ2v) is 14.4. The number of nitrogens with zero attached hydrogens (tertiary/aromatic N) is 1. The van der Waals surface area contributed by atoms with Crippen LogP contribution >= 0.6 is 6.89 Å². The van der Waals surface area contributed by atoms with Crippen LogP contribution in [-0.2, 0) is 9.59 Å². The van der Waals surface area contributed by atoms with Gasteiger partial charge in [-0.3, -0.25) is 14.5 Å². The number of piperidine rings is 1. The predicted octanol–water partition coefficient (Wildman–Crippen LogP) is 5.68. The first-order chi connectivity index (χ1) is 17.8. The fraction of sp³-hybridized carbons (Fsp3) is 0.303. The summed E-state index contributed by atoms with van der Waals surface area (Å²) in [5, 5.41) is 4.19. The number of carbonyl (C=O) groups excluding carboxylic acids is 2. The van der Waals surface area contributed by atoms with E-state index in [0.717, 1.165) is 34.0 Å². The molecule has 2 atom stereocenters. The third-order valence-electron chi connectivity index (χ3n) is 9.02. The summed E-state index contributed by atoms with van der Waals surface area (Å²) in [4.78, 5) is 30.5. The van der Waals surface area contributed by atoms with Gasteiger partial charge in [0.2, 0.25) is 5.91 Å². The second kappa shape index (κ2) is 9.62. The normalized spacial score (nSPS) is 22.5. The highest BCUT2D eigenvalue weighted by atomic mass is 31.2. The number of hydrogen-bond donors (Lipinski definition) is 0. The molecule has 3 nitrogen and oxygen atoms in total. The Morgan fingerprint density at radius 1 is 0.865 bits per heavy atom. The maximum absolute atomic E-state index is 15.0. The maximum atomic E-state index is 15.0. The number of amides is 2. The highest BCUT2D eigenvalue weighted by molar-refractivity contribution is 7.96. The Balaban J connectivity index is 1.92. The van der Waals surface area contributed by atoms with Gasteiger partial charge in [0.25, 0.3) is 5.91 Å². The Morgan fingerprint density at radius 3 is 1.70 bits per heavy atom. The van der Waals surface area contributed by atoms with Crippen LogP contribution in [0, 0.1) is 11.3 Å². The van der Waals surface area contributed by atoms with E-state index in [1.54, 1.807) is 4.90 Å². The number of allylic oxidation sites excluding steroid dienone is 2. The number of fused-ring (bicyclic) bond motifs is 2. The molecule has 2 amide bonds. The molecule has 2 fully saturated rings. The summed E-state index contributed by atoms with van der Waals surface area (Å²) in [6.45, 7) is 5.84. The molecule has 1 saturated heterocycles. The van der Waals surface area contributed by atoms with E-state index >= 15 is 0 Å². The van der Waals surface area contributed by atoms with Crippen LogP contribution < -0.4 is 15.9 Å². The number of likely N-dealkylation sites (tertiary alicyclic amines) is 1. The lowest BCUT2D eigenvalue weighted by atomic mass is 9.75. The third-order valence-corrected chi connectivity index (χ3v) is 13.4. The molecule has 1 saturated carbocycles. The Bertz CT molecular complexity index is 1290. The molecule has 0 spiro atoms. The van der Waals surface area contributed by atoms with Crippen molar-refractivity contribution in [3.8, 4) is 0 Å². The van der Waals surface area contributed by atoms with Crippen LogP contribution in [0.4, 0.5) is 0 Å². The Labute approximate surface area is 221 Å². The summed E-state index contributed by atoms with van der Waals surface area (Å²) in [6, 6.07) is 31.3. The summed E-state index contributed by atoms with van der Waals surface area (Å²) < 4.78 is 0. The minimum Gasteiger partial charge on any atom is -0.274 e. The van der Waals surface area contributed by atoms with Gasteiger partial charge in [-0.05, 0) is 61.3 Å². The van der Waals surface area contributed by atoms with Crippen molar-refractivity contribution in [2.24, 2.45) is 11.3 Å². The van der Waals surface area contributed by atoms with Crippen LogP contribution in [0.3, 0.4) is 0 Å². The first-order valence-electron chi connectivity index (χ1n) is 13.2. The first kappa shape index (κ1) is 25.5. The van der Waals surface area contributed by atoms with E-state index in [1.807, 2.05) is 31.2 Å². The van der Waals surface area contributed by atoms with Crippen LogP contribution in [0.5, 0.6) is 0 Å². The standard InChI is InChI=1S/C33H36NO2P/c1-5-6-22-29(31(36)34-30(35)28-23-24-33(34,4)32(28,2)3)37(25-16-10-7-11-17-25,26-18-12-8-13-19-26)27-20-14-9-15-21-27/h5-21,28H,22-24H2,1-4H3/b6-5+/t28-,33-/m1/s1. The molecule has 2 aliphatic rings. The summed E-state index contributed by atoms with van der Waals surface area (Å²) >= 11 is 0. The van der Waals surface area contributed by atoms with E-state index in [0.29, 0.717) is 6.42 Å². The van der Waals surface area contributed by atoms with Crippen LogP contribution in [0.1, 0.15) is 47.0 Å². The zero-order valence-electron chi connectivity index (χ0n) is 22.2. The molecule has 3 aromatic carbocycles. The lowest BCUT2D eigenvalue weighted by Gasteiger charge is -2.42. The average Bonchev–Trinajstić information content (AvgIpc) is 3.24. The van der Waals surface area contributed by atoms with E-state index in [4.69, 9.17) is 0 Å². The molecular formula is C33H36NO2P. The van der Waals surface area contributed by atoms with Gasteiger partial charge in [-0.2, -0.15) is 0 Å². The largest absolute Gasteiger partial charge is 0.274 e. The fourth-order valence-electron chi connectivity index (χ4n) is 6.63. The first-order valence-corrected chi connectivity index (χ1v) is 15.0. The van der Waals surface area contributed by atoms with Crippen molar-refractivity contribution in [1.29, 1.82) is 0 Å². The number of benzene rings is 3. The molecule has 190 valence electrons. The minimum atomic E-state index is -2.60. The van der Waals surface area contributed by atoms with Crippen LogP contribution in [0.2, 0.25) is 0 Å². The lowest BCUT2D eigenvalue weighted by Crippen LogP contribution is -2.55. The van der Waals surface area contributed by atoms with E-state index in [2.05, 4.69) is 99.6 Å². The summed E-state index contributed by atoms with van der Waals surface area (Å²) in [7, 11) is 0. The van der Waals surface area contributed by atoms with E-state index in [-0.39, 0.29) is 23.1 Å². The van der Waals surface area contributed by atoms with Gasteiger partial charge in [0, 0.05) is 11.2 Å². The van der Waals surface area contributed by atoms with Crippen molar-refractivity contribution in [2.75, 3.05) is 0 Å². The van der Waals surface area contributed by atoms with Gasteiger partial charge in [-0.15, -0.1) is 0 Å². The zero-order chi connectivity index (χ0) is 26.3. The lowest BCUT2D eigenvalue weighted by molar-refractivity contribution is -0.146. The van der Waals surface area contributed by atoms with Crippen molar-refractivity contribution in [3.63, 3.8) is 0 Å².